The third-order valence-electron chi connectivity index (χ3n) is 3.35. The van der Waals surface area contributed by atoms with Gasteiger partial charge in [-0.3, -0.25) is 0 Å². The van der Waals surface area contributed by atoms with E-state index in [0.29, 0.717) is 17.9 Å². The molecule has 0 fully saturated rings. The van der Waals surface area contributed by atoms with Crippen LogP contribution >= 0.6 is 0 Å². The second-order valence-corrected chi connectivity index (χ2v) is 4.89. The van der Waals surface area contributed by atoms with Gasteiger partial charge in [0.2, 0.25) is 0 Å². The van der Waals surface area contributed by atoms with Crippen molar-refractivity contribution in [3.8, 4) is 5.75 Å². The Hall–Kier alpha value is -3.28. The summed E-state index contributed by atoms with van der Waals surface area (Å²) in [7, 11) is 0. The number of benzene rings is 2. The zero-order chi connectivity index (χ0) is 16.1. The second-order valence-electron chi connectivity index (χ2n) is 4.89. The Morgan fingerprint density at radius 1 is 1.04 bits per heavy atom. The van der Waals surface area contributed by atoms with Crippen LogP contribution in [0.3, 0.4) is 0 Å². The van der Waals surface area contributed by atoms with Crippen LogP contribution in [0.1, 0.15) is 11.3 Å². The zero-order valence-electron chi connectivity index (χ0n) is 12.3. The van der Waals surface area contributed by atoms with Gasteiger partial charge in [-0.05, 0) is 36.4 Å². The maximum absolute atomic E-state index is 6.67. The van der Waals surface area contributed by atoms with Crippen LogP contribution in [0.4, 0.5) is 0 Å². The fourth-order valence-electron chi connectivity index (χ4n) is 2.18. The molecule has 23 heavy (non-hydrogen) atoms. The molecule has 0 saturated heterocycles. The topological polar surface area (TPSA) is 96.7 Å². The Morgan fingerprint density at radius 3 is 2.61 bits per heavy atom. The van der Waals surface area contributed by atoms with Gasteiger partial charge in [-0.1, -0.05) is 29.5 Å². The van der Waals surface area contributed by atoms with Crippen molar-refractivity contribution < 1.29 is 4.74 Å². The Bertz CT molecular complexity index is 858. The van der Waals surface area contributed by atoms with Crippen molar-refractivity contribution >= 4 is 16.7 Å². The Labute approximate surface area is 133 Å². The Balaban J connectivity index is 1.69. The number of nitrogens with one attached hydrogen (secondary N) is 1. The average molecular weight is 305 g/mol. The maximum atomic E-state index is 6.67. The molecule has 0 spiro atoms. The molecule has 1 aromatic heterocycles. The van der Waals surface area contributed by atoms with Crippen molar-refractivity contribution in [1.82, 2.24) is 4.98 Å². The number of nitrogens with two attached hydrogens (primary N) is 1. The molecule has 2 aromatic carbocycles. The van der Waals surface area contributed by atoms with Gasteiger partial charge in [-0.2, -0.15) is 5.53 Å². The van der Waals surface area contributed by atoms with Crippen LogP contribution in [0.15, 0.2) is 71.0 Å². The van der Waals surface area contributed by atoms with E-state index >= 15 is 0 Å². The van der Waals surface area contributed by atoms with Gasteiger partial charge in [0.25, 0.3) is 0 Å². The number of rotatable bonds is 5. The van der Waals surface area contributed by atoms with Crippen LogP contribution in [-0.4, -0.2) is 10.8 Å². The molecule has 114 valence electrons. The summed E-state index contributed by atoms with van der Waals surface area (Å²) >= 11 is 0. The summed E-state index contributed by atoms with van der Waals surface area (Å²) in [5.41, 5.74) is 14.8. The second kappa shape index (κ2) is 6.65. The molecule has 3 rings (SSSR count). The number of nitrogens with zero attached hydrogens (tertiary/aromatic N) is 3. The fraction of sp³-hybridized carbons (Fsp3) is 0.0588. The number of fused-ring (bicyclic) bond motifs is 1. The van der Waals surface area contributed by atoms with Crippen molar-refractivity contribution in [3.63, 3.8) is 0 Å². The molecule has 0 unspecified atom stereocenters. The lowest BCUT2D eigenvalue weighted by Crippen LogP contribution is -2.12. The van der Waals surface area contributed by atoms with E-state index in [1.54, 1.807) is 24.3 Å². The highest BCUT2D eigenvalue weighted by molar-refractivity contribution is 5.97. The molecule has 6 heteroatoms. The van der Waals surface area contributed by atoms with Gasteiger partial charge < -0.3 is 10.5 Å². The summed E-state index contributed by atoms with van der Waals surface area (Å²) in [4.78, 5) is 4.56. The Morgan fingerprint density at radius 2 is 1.83 bits per heavy atom. The number of hydrogen-bond acceptors (Lipinski definition) is 4. The third kappa shape index (κ3) is 3.49. The predicted molar refractivity (Wildman–Crippen MR) is 88.4 cm³/mol. The van der Waals surface area contributed by atoms with E-state index in [4.69, 9.17) is 16.0 Å². The molecule has 0 atom stereocenters. The first-order chi connectivity index (χ1) is 11.3. The van der Waals surface area contributed by atoms with Crippen molar-refractivity contribution in [2.24, 2.45) is 16.1 Å². The van der Waals surface area contributed by atoms with Crippen LogP contribution in [0.2, 0.25) is 0 Å². The molecule has 0 saturated carbocycles. The highest BCUT2D eigenvalue weighted by atomic mass is 16.5. The fourth-order valence-corrected chi connectivity index (χ4v) is 2.18. The van der Waals surface area contributed by atoms with Gasteiger partial charge in [-0.15, -0.1) is 5.10 Å². The third-order valence-corrected chi connectivity index (χ3v) is 3.35. The lowest BCUT2D eigenvalue weighted by Gasteiger charge is -2.07. The first kappa shape index (κ1) is 14.6. The van der Waals surface area contributed by atoms with Crippen molar-refractivity contribution in [3.05, 3.63) is 71.9 Å². The van der Waals surface area contributed by atoms with Crippen LogP contribution < -0.4 is 10.5 Å². The van der Waals surface area contributed by atoms with Crippen molar-refractivity contribution in [1.29, 1.82) is 5.53 Å². The number of aromatic nitrogens is 1. The van der Waals surface area contributed by atoms with E-state index in [0.717, 1.165) is 16.6 Å². The first-order valence-corrected chi connectivity index (χ1v) is 7.04. The molecule has 0 radical (unpaired) electrons. The van der Waals surface area contributed by atoms with Gasteiger partial charge in [0.1, 0.15) is 12.4 Å². The summed E-state index contributed by atoms with van der Waals surface area (Å²) in [6, 6.07) is 19.1. The van der Waals surface area contributed by atoms with Crippen LogP contribution in [0.5, 0.6) is 5.75 Å². The van der Waals surface area contributed by atoms with E-state index < -0.39 is 0 Å². The molecule has 3 N–H and O–H groups in total. The lowest BCUT2D eigenvalue weighted by atomic mass is 10.2. The molecule has 3 aromatic rings. The molecule has 0 amide bonds. The highest BCUT2D eigenvalue weighted by Gasteiger charge is 2.02. The van der Waals surface area contributed by atoms with E-state index in [1.165, 1.54) is 0 Å². The molecule has 0 aliphatic rings. The summed E-state index contributed by atoms with van der Waals surface area (Å²) in [5.74, 6) is 0.905. The SMILES string of the molecule is N=NN=C(N)c1ccc(OCc2ccc3ccccc3n2)cc1. The molecule has 0 aliphatic heterocycles. The Kier molecular flexibility index (Phi) is 4.24. The summed E-state index contributed by atoms with van der Waals surface area (Å²) in [5, 5.41) is 7.50. The van der Waals surface area contributed by atoms with E-state index in [2.05, 4.69) is 15.3 Å². The summed E-state index contributed by atoms with van der Waals surface area (Å²) < 4.78 is 5.73. The molecule has 6 nitrogen and oxygen atoms in total. The molecular weight excluding hydrogens is 290 g/mol. The van der Waals surface area contributed by atoms with Crippen molar-refractivity contribution in [2.45, 2.75) is 6.61 Å². The smallest absolute Gasteiger partial charge is 0.155 e. The number of amidine groups is 1. The average Bonchev–Trinajstić information content (AvgIpc) is 2.60. The van der Waals surface area contributed by atoms with Gasteiger partial charge in [0.05, 0.1) is 11.2 Å². The number of para-hydroxylation sites is 1. The minimum absolute atomic E-state index is 0.197. The highest BCUT2D eigenvalue weighted by Crippen LogP contribution is 2.16. The zero-order valence-corrected chi connectivity index (χ0v) is 12.3. The van der Waals surface area contributed by atoms with Gasteiger partial charge in [0, 0.05) is 10.9 Å². The minimum Gasteiger partial charge on any atom is -0.487 e. The molecule has 0 bridgehead atoms. The predicted octanol–water partition coefficient (Wildman–Crippen LogP) is 3.47. The number of ether oxygens (including phenoxy) is 1. The van der Waals surface area contributed by atoms with E-state index in [9.17, 15) is 0 Å². The number of hydrogen-bond donors (Lipinski definition) is 2. The molecule has 1 heterocycles. The van der Waals surface area contributed by atoms with Crippen LogP contribution in [0, 0.1) is 5.53 Å². The quantitative estimate of drug-likeness (QED) is 0.327. The van der Waals surface area contributed by atoms with E-state index in [1.807, 2.05) is 36.4 Å². The molecular formula is C17H15N5O. The van der Waals surface area contributed by atoms with Gasteiger partial charge in [-0.25, -0.2) is 4.98 Å². The van der Waals surface area contributed by atoms with Gasteiger partial charge in [0.15, 0.2) is 5.84 Å². The minimum atomic E-state index is 0.197. The van der Waals surface area contributed by atoms with Crippen LogP contribution in [-0.2, 0) is 6.61 Å². The van der Waals surface area contributed by atoms with Gasteiger partial charge >= 0.3 is 0 Å². The first-order valence-electron chi connectivity index (χ1n) is 7.04. The largest absolute Gasteiger partial charge is 0.487 e. The number of pyridine rings is 1. The molecule has 0 aliphatic carbocycles. The standard InChI is InChI=1S/C17H15N5O/c18-17(21-22-19)13-6-9-15(10-7-13)23-11-14-8-5-12-3-1-2-4-16(12)20-14/h1-10H,11H2,(H3,18,19,21). The van der Waals surface area contributed by atoms with Crippen LogP contribution in [0.25, 0.3) is 10.9 Å². The monoisotopic (exact) mass is 305 g/mol. The van der Waals surface area contributed by atoms with Crippen molar-refractivity contribution in [2.75, 3.05) is 0 Å². The lowest BCUT2D eigenvalue weighted by molar-refractivity contribution is 0.302. The van der Waals surface area contributed by atoms with E-state index in [-0.39, 0.29) is 5.84 Å². The maximum Gasteiger partial charge on any atom is 0.155 e. The summed E-state index contributed by atoms with van der Waals surface area (Å²) in [6.45, 7) is 0.385. The summed E-state index contributed by atoms with van der Waals surface area (Å²) in [6.07, 6.45) is 0. The normalized spacial score (nSPS) is 11.4.